The Morgan fingerprint density at radius 1 is 1.35 bits per heavy atom. The van der Waals surface area contributed by atoms with E-state index in [1.165, 1.54) is 0 Å². The number of hydrogen-bond donors (Lipinski definition) is 2. The molecule has 6 heteroatoms. The maximum absolute atomic E-state index is 12.5. The number of hydrogen-bond acceptors (Lipinski definition) is 3. The number of amides is 2. The number of anilines is 1. The molecule has 23 heavy (non-hydrogen) atoms. The summed E-state index contributed by atoms with van der Waals surface area (Å²) in [6, 6.07) is 7.07. The lowest BCUT2D eigenvalue weighted by Crippen LogP contribution is -2.54. The Labute approximate surface area is 142 Å². The second-order valence-corrected chi connectivity index (χ2v) is 6.50. The minimum atomic E-state index is -0.381. The number of carbonyl (C=O) groups is 2. The molecule has 1 unspecified atom stereocenters. The van der Waals surface area contributed by atoms with Gasteiger partial charge in [0.15, 0.2) is 0 Å². The summed E-state index contributed by atoms with van der Waals surface area (Å²) in [4.78, 5) is 26.4. The van der Waals surface area contributed by atoms with Gasteiger partial charge in [-0.2, -0.15) is 0 Å². The first-order valence-electron chi connectivity index (χ1n) is 8.02. The Bertz CT molecular complexity index is 561. The molecule has 1 heterocycles. The molecular weight excluding hydrogens is 314 g/mol. The molecule has 0 radical (unpaired) electrons. The summed E-state index contributed by atoms with van der Waals surface area (Å²) in [7, 11) is 0. The molecule has 1 fully saturated rings. The van der Waals surface area contributed by atoms with Gasteiger partial charge in [0.05, 0.1) is 11.5 Å². The van der Waals surface area contributed by atoms with Crippen LogP contribution in [0.3, 0.4) is 0 Å². The van der Waals surface area contributed by atoms with Gasteiger partial charge in [0, 0.05) is 30.2 Å². The van der Waals surface area contributed by atoms with Gasteiger partial charge < -0.3 is 16.0 Å². The number of benzene rings is 1. The van der Waals surface area contributed by atoms with Crippen molar-refractivity contribution in [2.75, 3.05) is 18.0 Å². The highest BCUT2D eigenvalue weighted by Crippen LogP contribution is 2.27. The molecule has 0 spiro atoms. The maximum Gasteiger partial charge on any atom is 0.227 e. The van der Waals surface area contributed by atoms with Gasteiger partial charge in [0.2, 0.25) is 11.8 Å². The first kappa shape index (κ1) is 17.8. The van der Waals surface area contributed by atoms with Crippen LogP contribution in [0.5, 0.6) is 0 Å². The zero-order valence-corrected chi connectivity index (χ0v) is 14.4. The molecular formula is C17H24ClN3O2. The fourth-order valence-corrected chi connectivity index (χ4v) is 3.01. The summed E-state index contributed by atoms with van der Waals surface area (Å²) in [6.07, 6.45) is 1.77. The topological polar surface area (TPSA) is 75.4 Å². The van der Waals surface area contributed by atoms with Crippen LogP contribution in [0.15, 0.2) is 24.3 Å². The molecule has 1 saturated heterocycles. The Morgan fingerprint density at radius 2 is 1.96 bits per heavy atom. The summed E-state index contributed by atoms with van der Waals surface area (Å²) >= 11 is 5.87. The molecule has 1 aliphatic heterocycles. The van der Waals surface area contributed by atoms with Gasteiger partial charge in [-0.05, 0) is 37.1 Å². The summed E-state index contributed by atoms with van der Waals surface area (Å²) in [6.45, 7) is 4.81. The number of carbonyl (C=O) groups excluding carboxylic acids is 2. The van der Waals surface area contributed by atoms with Crippen molar-refractivity contribution in [1.29, 1.82) is 0 Å². The number of rotatable bonds is 6. The van der Waals surface area contributed by atoms with Crippen LogP contribution in [-0.4, -0.2) is 30.4 Å². The maximum atomic E-state index is 12.5. The van der Waals surface area contributed by atoms with Crippen molar-refractivity contribution in [1.82, 2.24) is 5.32 Å². The molecule has 1 aliphatic rings. The van der Waals surface area contributed by atoms with E-state index in [9.17, 15) is 9.59 Å². The average Bonchev–Trinajstić information content (AvgIpc) is 2.95. The second kappa shape index (κ2) is 7.32. The molecule has 0 bridgehead atoms. The van der Waals surface area contributed by atoms with Crippen molar-refractivity contribution < 1.29 is 9.59 Å². The number of nitrogens with one attached hydrogen (secondary N) is 1. The molecule has 2 rings (SSSR count). The lowest BCUT2D eigenvalue weighted by molar-refractivity contribution is -0.128. The van der Waals surface area contributed by atoms with Gasteiger partial charge in [-0.15, -0.1) is 0 Å². The number of nitrogens with zero attached hydrogens (tertiary/aromatic N) is 1. The van der Waals surface area contributed by atoms with Crippen molar-refractivity contribution in [3.05, 3.63) is 29.3 Å². The third kappa shape index (κ3) is 3.85. The zero-order chi connectivity index (χ0) is 17.0. The lowest BCUT2D eigenvalue weighted by atomic mass is 9.91. The number of nitrogens with two attached hydrogens (primary N) is 1. The third-order valence-corrected chi connectivity index (χ3v) is 5.02. The van der Waals surface area contributed by atoms with Gasteiger partial charge in [-0.25, -0.2) is 0 Å². The standard InChI is InChI=1S/C17H24ClN3O2/c1-3-17(4-2,11-19)20-16(23)12-9-15(22)21(10-12)14-7-5-13(18)6-8-14/h5-8,12H,3-4,9-11,19H2,1-2H3,(H,20,23). The molecule has 2 amide bonds. The van der Waals surface area contributed by atoms with E-state index in [1.807, 2.05) is 13.8 Å². The van der Waals surface area contributed by atoms with Crippen molar-refractivity contribution in [3.63, 3.8) is 0 Å². The SMILES string of the molecule is CCC(CC)(CN)NC(=O)C1CC(=O)N(c2ccc(Cl)cc2)C1. The van der Waals surface area contributed by atoms with E-state index in [0.29, 0.717) is 18.1 Å². The van der Waals surface area contributed by atoms with Crippen LogP contribution in [-0.2, 0) is 9.59 Å². The van der Waals surface area contributed by atoms with Crippen LogP contribution in [0.2, 0.25) is 5.02 Å². The van der Waals surface area contributed by atoms with Crippen molar-refractivity contribution in [2.24, 2.45) is 11.7 Å². The van der Waals surface area contributed by atoms with E-state index in [4.69, 9.17) is 17.3 Å². The second-order valence-electron chi connectivity index (χ2n) is 6.06. The largest absolute Gasteiger partial charge is 0.349 e. The van der Waals surface area contributed by atoms with E-state index in [2.05, 4.69) is 5.32 Å². The Kier molecular flexibility index (Phi) is 5.65. The predicted octanol–water partition coefficient (Wildman–Crippen LogP) is 2.33. The highest BCUT2D eigenvalue weighted by molar-refractivity contribution is 6.30. The average molecular weight is 338 g/mol. The normalized spacial score (nSPS) is 18.3. The van der Waals surface area contributed by atoms with Crippen LogP contribution in [0.4, 0.5) is 5.69 Å². The summed E-state index contributed by atoms with van der Waals surface area (Å²) in [5.74, 6) is -0.481. The lowest BCUT2D eigenvalue weighted by Gasteiger charge is -2.32. The Hall–Kier alpha value is -1.59. The first-order valence-corrected chi connectivity index (χ1v) is 8.40. The van der Waals surface area contributed by atoms with E-state index in [1.54, 1.807) is 29.2 Å². The summed E-state index contributed by atoms with van der Waals surface area (Å²) < 4.78 is 0. The van der Waals surface area contributed by atoms with Crippen LogP contribution in [0.25, 0.3) is 0 Å². The molecule has 0 saturated carbocycles. The quantitative estimate of drug-likeness (QED) is 0.836. The summed E-state index contributed by atoms with van der Waals surface area (Å²) in [5, 5.41) is 3.68. The highest BCUT2D eigenvalue weighted by atomic mass is 35.5. The molecule has 0 aliphatic carbocycles. The molecule has 1 aromatic carbocycles. The van der Waals surface area contributed by atoms with Crippen LogP contribution < -0.4 is 16.0 Å². The van der Waals surface area contributed by atoms with Crippen LogP contribution in [0.1, 0.15) is 33.1 Å². The van der Waals surface area contributed by atoms with Crippen molar-refractivity contribution in [3.8, 4) is 0 Å². The van der Waals surface area contributed by atoms with Crippen molar-refractivity contribution >= 4 is 29.1 Å². The van der Waals surface area contributed by atoms with Gasteiger partial charge in [0.1, 0.15) is 0 Å². The summed E-state index contributed by atoms with van der Waals surface area (Å²) in [5.41, 5.74) is 6.22. The first-order chi connectivity index (χ1) is 10.9. The van der Waals surface area contributed by atoms with Gasteiger partial charge in [-0.3, -0.25) is 9.59 Å². The Morgan fingerprint density at radius 3 is 2.48 bits per heavy atom. The van der Waals surface area contributed by atoms with Gasteiger partial charge in [0.25, 0.3) is 0 Å². The molecule has 5 nitrogen and oxygen atoms in total. The van der Waals surface area contributed by atoms with Crippen LogP contribution in [0, 0.1) is 5.92 Å². The molecule has 0 aromatic heterocycles. The Balaban J connectivity index is 2.07. The van der Waals surface area contributed by atoms with E-state index in [0.717, 1.165) is 18.5 Å². The highest BCUT2D eigenvalue weighted by Gasteiger charge is 2.37. The molecule has 1 aromatic rings. The van der Waals surface area contributed by atoms with E-state index in [-0.39, 0.29) is 29.7 Å². The number of halogens is 1. The molecule has 1 atom stereocenters. The van der Waals surface area contributed by atoms with E-state index >= 15 is 0 Å². The predicted molar refractivity (Wildman–Crippen MR) is 92.4 cm³/mol. The van der Waals surface area contributed by atoms with Gasteiger partial charge >= 0.3 is 0 Å². The fourth-order valence-electron chi connectivity index (χ4n) is 2.88. The van der Waals surface area contributed by atoms with Crippen LogP contribution >= 0.6 is 11.6 Å². The van der Waals surface area contributed by atoms with Gasteiger partial charge in [-0.1, -0.05) is 25.4 Å². The third-order valence-electron chi connectivity index (χ3n) is 4.77. The minimum Gasteiger partial charge on any atom is -0.349 e. The minimum absolute atomic E-state index is 0.0428. The monoisotopic (exact) mass is 337 g/mol. The van der Waals surface area contributed by atoms with Crippen molar-refractivity contribution in [2.45, 2.75) is 38.6 Å². The van der Waals surface area contributed by atoms with E-state index < -0.39 is 0 Å². The fraction of sp³-hybridized carbons (Fsp3) is 0.529. The smallest absolute Gasteiger partial charge is 0.227 e. The zero-order valence-electron chi connectivity index (χ0n) is 13.6. The molecule has 126 valence electrons. The molecule has 3 N–H and O–H groups in total.